The van der Waals surface area contributed by atoms with Crippen LogP contribution in [0.25, 0.3) is 0 Å². The molecule has 1 saturated heterocycles. The largest absolute Gasteiger partial charge is 0.391 e. The van der Waals surface area contributed by atoms with Crippen LogP contribution in [0.2, 0.25) is 0 Å². The number of carbonyl (C=O) groups is 2. The van der Waals surface area contributed by atoms with E-state index < -0.39 is 12.1 Å². The Kier molecular flexibility index (Phi) is 3.88. The van der Waals surface area contributed by atoms with Crippen molar-refractivity contribution in [1.29, 1.82) is 0 Å². The number of amides is 2. The molecule has 1 heterocycles. The third-order valence-electron chi connectivity index (χ3n) is 2.29. The van der Waals surface area contributed by atoms with Crippen LogP contribution in [-0.4, -0.2) is 35.6 Å². The fourth-order valence-corrected chi connectivity index (χ4v) is 1.30. The van der Waals surface area contributed by atoms with E-state index in [-0.39, 0.29) is 18.4 Å². The van der Waals surface area contributed by atoms with Gasteiger partial charge in [0.15, 0.2) is 0 Å². The molecule has 1 aliphatic heterocycles. The van der Waals surface area contributed by atoms with Crippen LogP contribution in [0.15, 0.2) is 0 Å². The molecule has 5 heteroatoms. The van der Waals surface area contributed by atoms with Crippen molar-refractivity contribution in [3.05, 3.63) is 0 Å². The lowest BCUT2D eigenvalue weighted by atomic mass is 10.2. The Balaban J connectivity index is 2.25. The fraction of sp³-hybridized carbons (Fsp3) is 0.778. The first-order chi connectivity index (χ1) is 6.63. The summed E-state index contributed by atoms with van der Waals surface area (Å²) < 4.78 is 0. The fourth-order valence-electron chi connectivity index (χ4n) is 1.30. The first-order valence-electron chi connectivity index (χ1n) is 4.88. The van der Waals surface area contributed by atoms with Crippen molar-refractivity contribution in [3.63, 3.8) is 0 Å². The number of carbonyl (C=O) groups excluding carboxylic acids is 2. The highest BCUT2D eigenvalue weighted by atomic mass is 16.3. The zero-order valence-corrected chi connectivity index (χ0v) is 8.25. The highest BCUT2D eigenvalue weighted by molar-refractivity contribution is 5.90. The maximum absolute atomic E-state index is 11.4. The van der Waals surface area contributed by atoms with Crippen LogP contribution in [0, 0.1) is 0 Å². The molecular weight excluding hydrogens is 184 g/mol. The molecule has 0 spiro atoms. The van der Waals surface area contributed by atoms with Gasteiger partial charge in [0.1, 0.15) is 6.04 Å². The lowest BCUT2D eigenvalue weighted by molar-refractivity contribution is -0.126. The van der Waals surface area contributed by atoms with Gasteiger partial charge in [-0.2, -0.15) is 0 Å². The van der Waals surface area contributed by atoms with E-state index in [1.807, 2.05) is 6.92 Å². The van der Waals surface area contributed by atoms with Crippen LogP contribution in [0.5, 0.6) is 0 Å². The second-order valence-corrected chi connectivity index (χ2v) is 3.47. The number of nitrogens with one attached hydrogen (secondary N) is 2. The summed E-state index contributed by atoms with van der Waals surface area (Å²) >= 11 is 0. The average Bonchev–Trinajstić information content (AvgIpc) is 2.60. The van der Waals surface area contributed by atoms with Gasteiger partial charge in [-0.1, -0.05) is 6.92 Å². The molecular formula is C9H16N2O3. The molecule has 1 aliphatic rings. The molecule has 0 aromatic rings. The van der Waals surface area contributed by atoms with Crippen LogP contribution in [0.3, 0.4) is 0 Å². The first-order valence-corrected chi connectivity index (χ1v) is 4.88. The molecule has 0 radical (unpaired) electrons. The number of hydrogen-bond acceptors (Lipinski definition) is 3. The predicted molar refractivity (Wildman–Crippen MR) is 50.5 cm³/mol. The highest BCUT2D eigenvalue weighted by Gasteiger charge is 2.26. The van der Waals surface area contributed by atoms with Gasteiger partial charge in [-0.3, -0.25) is 9.59 Å². The van der Waals surface area contributed by atoms with Crippen molar-refractivity contribution in [2.75, 3.05) is 6.54 Å². The van der Waals surface area contributed by atoms with Crippen LogP contribution in [0.4, 0.5) is 0 Å². The molecule has 1 unspecified atom stereocenters. The zero-order valence-electron chi connectivity index (χ0n) is 8.25. The predicted octanol–water partition coefficient (Wildman–Crippen LogP) is -0.848. The summed E-state index contributed by atoms with van der Waals surface area (Å²) in [4.78, 5) is 22.2. The summed E-state index contributed by atoms with van der Waals surface area (Å²) in [6.45, 7) is 2.09. The number of hydrogen-bond donors (Lipinski definition) is 3. The zero-order chi connectivity index (χ0) is 10.6. The van der Waals surface area contributed by atoms with E-state index in [0.717, 1.165) is 0 Å². The van der Waals surface area contributed by atoms with E-state index in [0.29, 0.717) is 19.3 Å². The SMILES string of the molecule is CCC(O)CNC(=O)[C@H]1CCC(=O)N1. The monoisotopic (exact) mass is 200 g/mol. The Morgan fingerprint density at radius 1 is 1.79 bits per heavy atom. The van der Waals surface area contributed by atoms with Crippen LogP contribution >= 0.6 is 0 Å². The number of aliphatic hydroxyl groups is 1. The van der Waals surface area contributed by atoms with Crippen molar-refractivity contribution in [3.8, 4) is 0 Å². The van der Waals surface area contributed by atoms with Crippen molar-refractivity contribution in [2.24, 2.45) is 0 Å². The minimum Gasteiger partial charge on any atom is -0.391 e. The van der Waals surface area contributed by atoms with Gasteiger partial charge in [0, 0.05) is 13.0 Å². The minimum absolute atomic E-state index is 0.0822. The number of aliphatic hydroxyl groups excluding tert-OH is 1. The summed E-state index contributed by atoms with van der Waals surface area (Å²) in [6.07, 6.45) is 1.06. The van der Waals surface area contributed by atoms with Gasteiger partial charge in [0.25, 0.3) is 0 Å². The van der Waals surface area contributed by atoms with Gasteiger partial charge in [0.2, 0.25) is 11.8 Å². The van der Waals surface area contributed by atoms with Crippen LogP contribution in [0.1, 0.15) is 26.2 Å². The maximum Gasteiger partial charge on any atom is 0.242 e. The summed E-state index contributed by atoms with van der Waals surface area (Å²) in [7, 11) is 0. The van der Waals surface area contributed by atoms with E-state index in [4.69, 9.17) is 0 Å². The molecule has 0 saturated carbocycles. The molecule has 3 N–H and O–H groups in total. The Morgan fingerprint density at radius 3 is 3.00 bits per heavy atom. The molecule has 0 aromatic heterocycles. The average molecular weight is 200 g/mol. The van der Waals surface area contributed by atoms with Gasteiger partial charge < -0.3 is 15.7 Å². The van der Waals surface area contributed by atoms with Crippen molar-refractivity contribution >= 4 is 11.8 Å². The van der Waals surface area contributed by atoms with E-state index in [1.54, 1.807) is 0 Å². The van der Waals surface area contributed by atoms with Crippen LogP contribution in [-0.2, 0) is 9.59 Å². The van der Waals surface area contributed by atoms with E-state index in [9.17, 15) is 14.7 Å². The van der Waals surface area contributed by atoms with E-state index >= 15 is 0 Å². The smallest absolute Gasteiger partial charge is 0.242 e. The molecule has 80 valence electrons. The van der Waals surface area contributed by atoms with Gasteiger partial charge in [-0.25, -0.2) is 0 Å². The van der Waals surface area contributed by atoms with Crippen molar-refractivity contribution in [2.45, 2.75) is 38.3 Å². The first kappa shape index (κ1) is 11.0. The Bertz CT molecular complexity index is 230. The maximum atomic E-state index is 11.4. The normalized spacial score (nSPS) is 23.0. The molecule has 5 nitrogen and oxygen atoms in total. The molecule has 0 aromatic carbocycles. The van der Waals surface area contributed by atoms with Gasteiger partial charge >= 0.3 is 0 Å². The quantitative estimate of drug-likeness (QED) is 0.553. The summed E-state index contributed by atoms with van der Waals surface area (Å²) in [5, 5.41) is 14.4. The van der Waals surface area contributed by atoms with E-state index in [1.165, 1.54) is 0 Å². The second kappa shape index (κ2) is 4.95. The number of rotatable bonds is 4. The van der Waals surface area contributed by atoms with Gasteiger partial charge in [-0.05, 0) is 12.8 Å². The molecule has 1 rings (SSSR count). The summed E-state index contributed by atoms with van der Waals surface area (Å²) in [6, 6.07) is -0.411. The standard InChI is InChI=1S/C9H16N2O3/c1-2-6(12)5-10-9(14)7-3-4-8(13)11-7/h6-7,12H,2-5H2,1H3,(H,10,14)(H,11,13)/t6?,7-/m1/s1. The second-order valence-electron chi connectivity index (χ2n) is 3.47. The topological polar surface area (TPSA) is 78.4 Å². The highest BCUT2D eigenvalue weighted by Crippen LogP contribution is 2.06. The van der Waals surface area contributed by atoms with Gasteiger partial charge in [-0.15, -0.1) is 0 Å². The summed E-state index contributed by atoms with van der Waals surface area (Å²) in [5.41, 5.74) is 0. The molecule has 0 bridgehead atoms. The van der Waals surface area contributed by atoms with Crippen molar-refractivity contribution < 1.29 is 14.7 Å². The third kappa shape index (κ3) is 2.99. The van der Waals surface area contributed by atoms with E-state index in [2.05, 4.69) is 10.6 Å². The Hall–Kier alpha value is -1.10. The van der Waals surface area contributed by atoms with Gasteiger partial charge in [0.05, 0.1) is 6.10 Å². The molecule has 2 amide bonds. The van der Waals surface area contributed by atoms with Crippen molar-refractivity contribution in [1.82, 2.24) is 10.6 Å². The lowest BCUT2D eigenvalue weighted by Crippen LogP contribution is -2.44. The minimum atomic E-state index is -0.504. The Morgan fingerprint density at radius 2 is 2.50 bits per heavy atom. The molecule has 0 aliphatic carbocycles. The molecule has 1 fully saturated rings. The molecule has 2 atom stereocenters. The third-order valence-corrected chi connectivity index (χ3v) is 2.29. The Labute approximate surface area is 82.9 Å². The van der Waals surface area contributed by atoms with Crippen LogP contribution < -0.4 is 10.6 Å². The summed E-state index contributed by atoms with van der Waals surface area (Å²) in [5.74, 6) is -0.287. The molecule has 14 heavy (non-hydrogen) atoms. The lowest BCUT2D eigenvalue weighted by Gasteiger charge is -2.13.